The number of anilines is 1. The number of piperidine rings is 1. The van der Waals surface area contributed by atoms with Crippen LogP contribution in [0.1, 0.15) is 56.9 Å². The first-order chi connectivity index (χ1) is 12.7. The van der Waals surface area contributed by atoms with Gasteiger partial charge in [-0.3, -0.25) is 9.59 Å². The van der Waals surface area contributed by atoms with Gasteiger partial charge >= 0.3 is 0 Å². The summed E-state index contributed by atoms with van der Waals surface area (Å²) in [5, 5.41) is 6.61. The molecule has 1 aliphatic carbocycles. The third-order valence-electron chi connectivity index (χ3n) is 6.17. The van der Waals surface area contributed by atoms with Crippen LogP contribution in [0.2, 0.25) is 0 Å². The van der Waals surface area contributed by atoms with Gasteiger partial charge in [0.05, 0.1) is 6.04 Å². The highest BCUT2D eigenvalue weighted by Crippen LogP contribution is 2.33. The molecule has 1 saturated carbocycles. The van der Waals surface area contributed by atoms with Crippen LogP contribution in [0.3, 0.4) is 0 Å². The summed E-state index contributed by atoms with van der Waals surface area (Å²) >= 11 is 0. The van der Waals surface area contributed by atoms with Crippen LogP contribution in [-0.2, 0) is 16.1 Å². The van der Waals surface area contributed by atoms with Gasteiger partial charge in [-0.1, -0.05) is 25.0 Å². The Morgan fingerprint density at radius 2 is 2.08 bits per heavy atom. The molecule has 3 aliphatic rings. The minimum atomic E-state index is -0.0737. The average molecular weight is 355 g/mol. The molecule has 0 spiro atoms. The van der Waals surface area contributed by atoms with E-state index < -0.39 is 0 Å². The molecule has 1 aromatic rings. The van der Waals surface area contributed by atoms with Gasteiger partial charge in [-0.05, 0) is 55.7 Å². The smallest absolute Gasteiger partial charge is 0.241 e. The van der Waals surface area contributed by atoms with E-state index in [0.29, 0.717) is 24.9 Å². The topological polar surface area (TPSA) is 61.4 Å². The van der Waals surface area contributed by atoms with Crippen LogP contribution < -0.4 is 10.6 Å². The fourth-order valence-corrected chi connectivity index (χ4v) is 4.75. The Labute approximate surface area is 155 Å². The van der Waals surface area contributed by atoms with E-state index >= 15 is 0 Å². The van der Waals surface area contributed by atoms with Gasteiger partial charge in [0.15, 0.2) is 0 Å². The molecule has 0 radical (unpaired) electrons. The lowest BCUT2D eigenvalue weighted by molar-refractivity contribution is -0.133. The molecule has 0 bridgehead atoms. The molecule has 3 unspecified atom stereocenters. The third-order valence-corrected chi connectivity index (χ3v) is 6.17. The maximum atomic E-state index is 12.7. The summed E-state index contributed by atoms with van der Waals surface area (Å²) in [6.07, 6.45) is 8.73. The van der Waals surface area contributed by atoms with Crippen LogP contribution in [0.5, 0.6) is 0 Å². The van der Waals surface area contributed by atoms with Crippen LogP contribution in [-0.4, -0.2) is 35.3 Å². The molecule has 3 atom stereocenters. The number of nitrogens with one attached hydrogen (secondary N) is 2. The SMILES string of the molecule is O=C(Nc1cccc(CN2CCCCC2=O)c1)C1CC2CCCCC2N1. The predicted molar refractivity (Wildman–Crippen MR) is 102 cm³/mol. The van der Waals surface area contributed by atoms with Gasteiger partial charge in [0.1, 0.15) is 0 Å². The molecule has 5 heteroatoms. The number of amides is 2. The van der Waals surface area contributed by atoms with Crippen LogP contribution in [0, 0.1) is 5.92 Å². The first-order valence-electron chi connectivity index (χ1n) is 10.1. The van der Waals surface area contributed by atoms with E-state index in [1.165, 1.54) is 25.7 Å². The number of benzene rings is 1. The summed E-state index contributed by atoms with van der Waals surface area (Å²) in [4.78, 5) is 26.6. The lowest BCUT2D eigenvalue weighted by Crippen LogP contribution is -2.39. The number of carbonyl (C=O) groups is 2. The van der Waals surface area contributed by atoms with Crippen molar-refractivity contribution in [2.24, 2.45) is 5.92 Å². The van der Waals surface area contributed by atoms with Crippen molar-refractivity contribution in [1.29, 1.82) is 0 Å². The van der Waals surface area contributed by atoms with Gasteiger partial charge < -0.3 is 15.5 Å². The van der Waals surface area contributed by atoms with Gasteiger partial charge in [-0.2, -0.15) is 0 Å². The number of fused-ring (bicyclic) bond motifs is 1. The zero-order chi connectivity index (χ0) is 17.9. The minimum absolute atomic E-state index is 0.0737. The fourth-order valence-electron chi connectivity index (χ4n) is 4.75. The monoisotopic (exact) mass is 355 g/mol. The van der Waals surface area contributed by atoms with Crippen molar-refractivity contribution in [3.63, 3.8) is 0 Å². The standard InChI is InChI=1S/C21H29N3O2/c25-20-10-3-4-11-24(20)14-15-6-5-8-17(12-15)22-21(26)19-13-16-7-1-2-9-18(16)23-19/h5-6,8,12,16,18-19,23H,1-4,7,9-11,13-14H2,(H,22,26). The molecule has 5 nitrogen and oxygen atoms in total. The molecule has 1 aromatic carbocycles. The number of hydrogen-bond acceptors (Lipinski definition) is 3. The summed E-state index contributed by atoms with van der Waals surface area (Å²) < 4.78 is 0. The van der Waals surface area contributed by atoms with Crippen LogP contribution in [0.25, 0.3) is 0 Å². The molecule has 2 heterocycles. The molecular weight excluding hydrogens is 326 g/mol. The summed E-state index contributed by atoms with van der Waals surface area (Å²) in [7, 11) is 0. The average Bonchev–Trinajstić information content (AvgIpc) is 3.08. The molecule has 2 amide bonds. The third kappa shape index (κ3) is 3.93. The van der Waals surface area contributed by atoms with E-state index in [0.717, 1.165) is 37.1 Å². The number of nitrogens with zero attached hydrogens (tertiary/aromatic N) is 1. The highest BCUT2D eigenvalue weighted by atomic mass is 16.2. The van der Waals surface area contributed by atoms with Crippen molar-refractivity contribution >= 4 is 17.5 Å². The van der Waals surface area contributed by atoms with Gasteiger partial charge in [0.2, 0.25) is 11.8 Å². The summed E-state index contributed by atoms with van der Waals surface area (Å²) in [6, 6.07) is 8.37. The zero-order valence-corrected chi connectivity index (χ0v) is 15.4. The van der Waals surface area contributed by atoms with Crippen LogP contribution in [0.4, 0.5) is 5.69 Å². The molecule has 2 N–H and O–H groups in total. The van der Waals surface area contributed by atoms with Crippen LogP contribution >= 0.6 is 0 Å². The first-order valence-corrected chi connectivity index (χ1v) is 10.1. The second-order valence-electron chi connectivity index (χ2n) is 8.07. The normalized spacial score (nSPS) is 28.7. The fraction of sp³-hybridized carbons (Fsp3) is 0.619. The van der Waals surface area contributed by atoms with E-state index in [2.05, 4.69) is 10.6 Å². The molecule has 2 aliphatic heterocycles. The van der Waals surface area contributed by atoms with Crippen LogP contribution in [0.15, 0.2) is 24.3 Å². The Kier molecular flexibility index (Phi) is 5.25. The van der Waals surface area contributed by atoms with Crippen molar-refractivity contribution in [3.05, 3.63) is 29.8 Å². The van der Waals surface area contributed by atoms with E-state index in [1.54, 1.807) is 0 Å². The number of hydrogen-bond donors (Lipinski definition) is 2. The largest absolute Gasteiger partial charge is 0.338 e. The Hall–Kier alpha value is -1.88. The summed E-state index contributed by atoms with van der Waals surface area (Å²) in [5.74, 6) is 0.977. The van der Waals surface area contributed by atoms with Crippen molar-refractivity contribution in [1.82, 2.24) is 10.2 Å². The van der Waals surface area contributed by atoms with Gasteiger partial charge in [0, 0.05) is 31.2 Å². The maximum Gasteiger partial charge on any atom is 0.241 e. The quantitative estimate of drug-likeness (QED) is 0.873. The van der Waals surface area contributed by atoms with Crippen molar-refractivity contribution in [2.75, 3.05) is 11.9 Å². The molecular formula is C21H29N3O2. The number of likely N-dealkylation sites (tertiary alicyclic amines) is 1. The first kappa shape index (κ1) is 17.5. The second kappa shape index (κ2) is 7.78. The second-order valence-corrected chi connectivity index (χ2v) is 8.07. The lowest BCUT2D eigenvalue weighted by atomic mass is 9.85. The maximum absolute atomic E-state index is 12.7. The Morgan fingerprint density at radius 1 is 1.19 bits per heavy atom. The predicted octanol–water partition coefficient (Wildman–Crippen LogP) is 3.06. The number of rotatable bonds is 4. The van der Waals surface area contributed by atoms with Gasteiger partial charge in [-0.15, -0.1) is 0 Å². The Morgan fingerprint density at radius 3 is 2.92 bits per heavy atom. The van der Waals surface area contributed by atoms with E-state index in [1.807, 2.05) is 29.2 Å². The highest BCUT2D eigenvalue weighted by Gasteiger charge is 2.38. The molecule has 140 valence electrons. The molecule has 2 saturated heterocycles. The van der Waals surface area contributed by atoms with E-state index in [-0.39, 0.29) is 17.9 Å². The number of carbonyl (C=O) groups excluding carboxylic acids is 2. The zero-order valence-electron chi connectivity index (χ0n) is 15.4. The molecule has 3 fully saturated rings. The molecule has 4 rings (SSSR count). The summed E-state index contributed by atoms with van der Waals surface area (Å²) in [6.45, 7) is 1.47. The van der Waals surface area contributed by atoms with Crippen molar-refractivity contribution < 1.29 is 9.59 Å². The lowest BCUT2D eigenvalue weighted by Gasteiger charge is -2.27. The van der Waals surface area contributed by atoms with E-state index in [4.69, 9.17) is 0 Å². The summed E-state index contributed by atoms with van der Waals surface area (Å²) in [5.41, 5.74) is 1.90. The van der Waals surface area contributed by atoms with Crippen molar-refractivity contribution in [2.45, 2.75) is 70.0 Å². The van der Waals surface area contributed by atoms with Gasteiger partial charge in [0.25, 0.3) is 0 Å². The van der Waals surface area contributed by atoms with E-state index in [9.17, 15) is 9.59 Å². The van der Waals surface area contributed by atoms with Gasteiger partial charge in [-0.25, -0.2) is 0 Å². The highest BCUT2D eigenvalue weighted by molar-refractivity contribution is 5.95. The van der Waals surface area contributed by atoms with Crippen molar-refractivity contribution in [3.8, 4) is 0 Å². The minimum Gasteiger partial charge on any atom is -0.338 e. The Balaban J connectivity index is 1.36. The Bertz CT molecular complexity index is 661. The molecule has 0 aromatic heterocycles. The molecule has 26 heavy (non-hydrogen) atoms.